The zero-order valence-corrected chi connectivity index (χ0v) is 13.1. The number of likely N-dealkylation sites (tertiary alicyclic amines) is 1. The molecule has 0 spiro atoms. The summed E-state index contributed by atoms with van der Waals surface area (Å²) in [6.45, 7) is 9.84. The van der Waals surface area contributed by atoms with Crippen molar-refractivity contribution in [2.75, 3.05) is 26.2 Å². The number of carbonyl (C=O) groups is 1. The van der Waals surface area contributed by atoms with Crippen LogP contribution in [0.15, 0.2) is 0 Å². The van der Waals surface area contributed by atoms with Crippen LogP contribution in [0.25, 0.3) is 0 Å². The summed E-state index contributed by atoms with van der Waals surface area (Å²) in [6, 6.07) is -0.153. The molecule has 1 N–H and O–H groups in total. The van der Waals surface area contributed by atoms with E-state index in [2.05, 4.69) is 19.2 Å². The van der Waals surface area contributed by atoms with Crippen molar-refractivity contribution in [1.82, 2.24) is 10.2 Å². The third-order valence-corrected chi connectivity index (χ3v) is 4.23. The quantitative estimate of drug-likeness (QED) is 0.801. The van der Waals surface area contributed by atoms with Gasteiger partial charge in [0.15, 0.2) is 0 Å². The molecule has 4 nitrogen and oxygen atoms in total. The molecule has 0 saturated carbocycles. The van der Waals surface area contributed by atoms with Crippen LogP contribution >= 0.6 is 12.4 Å². The lowest BCUT2D eigenvalue weighted by Gasteiger charge is -2.33. The van der Waals surface area contributed by atoms with Gasteiger partial charge in [0.05, 0.1) is 12.7 Å². The molecule has 0 aliphatic carbocycles. The molecule has 2 heterocycles. The summed E-state index contributed by atoms with van der Waals surface area (Å²) in [5.41, 5.74) is 0.372. The average Bonchev–Trinajstić information content (AvgIpc) is 2.50. The number of nitrogens with one attached hydrogen (secondary N) is 1. The van der Waals surface area contributed by atoms with E-state index in [0.29, 0.717) is 12.0 Å². The van der Waals surface area contributed by atoms with Crippen molar-refractivity contribution in [1.29, 1.82) is 0 Å². The van der Waals surface area contributed by atoms with Gasteiger partial charge in [-0.25, -0.2) is 0 Å². The summed E-state index contributed by atoms with van der Waals surface area (Å²) >= 11 is 0. The largest absolute Gasteiger partial charge is 0.375 e. The third-order valence-electron chi connectivity index (χ3n) is 4.23. The smallest absolute Gasteiger partial charge is 0.242 e. The lowest BCUT2D eigenvalue weighted by atomic mass is 9.85. The van der Waals surface area contributed by atoms with E-state index in [9.17, 15) is 4.79 Å². The van der Waals surface area contributed by atoms with Crippen molar-refractivity contribution in [3.05, 3.63) is 0 Å². The van der Waals surface area contributed by atoms with Gasteiger partial charge in [0.2, 0.25) is 5.91 Å². The fraction of sp³-hybridized carbons (Fsp3) is 0.929. The number of amides is 1. The van der Waals surface area contributed by atoms with E-state index in [-0.39, 0.29) is 30.5 Å². The number of hydrogen-bond acceptors (Lipinski definition) is 3. The molecule has 2 rings (SSSR count). The average molecular weight is 291 g/mol. The number of halogens is 1. The first-order chi connectivity index (χ1) is 8.49. The third kappa shape index (κ3) is 4.33. The van der Waals surface area contributed by atoms with Gasteiger partial charge in [-0.15, -0.1) is 12.4 Å². The first kappa shape index (κ1) is 16.7. The topological polar surface area (TPSA) is 41.6 Å². The molecule has 19 heavy (non-hydrogen) atoms. The summed E-state index contributed by atoms with van der Waals surface area (Å²) in [4.78, 5) is 14.5. The number of carbonyl (C=O) groups excluding carboxylic acids is 1. The summed E-state index contributed by atoms with van der Waals surface area (Å²) in [6.07, 6.45) is 3.41. The van der Waals surface area contributed by atoms with E-state index in [1.54, 1.807) is 0 Å². The highest BCUT2D eigenvalue weighted by molar-refractivity contribution is 5.85. The molecule has 0 aromatic rings. The lowest BCUT2D eigenvalue weighted by molar-refractivity contribution is -0.139. The number of hydrogen-bond donors (Lipinski definition) is 1. The zero-order valence-electron chi connectivity index (χ0n) is 12.3. The molecular formula is C14H27ClN2O2. The molecule has 0 aromatic heterocycles. The van der Waals surface area contributed by atoms with E-state index < -0.39 is 0 Å². The van der Waals surface area contributed by atoms with Gasteiger partial charge in [-0.2, -0.15) is 0 Å². The molecule has 0 radical (unpaired) electrons. The molecule has 2 aliphatic heterocycles. The SMILES string of the molecule is C[C@H]1OCCN[C@@H]1C(=O)N1CCCC(C)(C)CC1.Cl. The maximum atomic E-state index is 12.5. The Hall–Kier alpha value is -0.320. The maximum Gasteiger partial charge on any atom is 0.242 e. The van der Waals surface area contributed by atoms with Gasteiger partial charge < -0.3 is 15.0 Å². The van der Waals surface area contributed by atoms with Crippen molar-refractivity contribution in [2.24, 2.45) is 5.41 Å². The molecule has 0 unspecified atom stereocenters. The Morgan fingerprint density at radius 2 is 2.05 bits per heavy atom. The number of ether oxygens (including phenoxy) is 1. The van der Waals surface area contributed by atoms with E-state index in [4.69, 9.17) is 4.74 Å². The van der Waals surface area contributed by atoms with Crippen LogP contribution in [-0.2, 0) is 9.53 Å². The Balaban J connectivity index is 0.00000180. The predicted molar refractivity (Wildman–Crippen MR) is 78.7 cm³/mol. The van der Waals surface area contributed by atoms with E-state index in [0.717, 1.165) is 32.5 Å². The van der Waals surface area contributed by atoms with Crippen LogP contribution in [0.2, 0.25) is 0 Å². The van der Waals surface area contributed by atoms with Gasteiger partial charge in [0.25, 0.3) is 0 Å². The zero-order chi connectivity index (χ0) is 13.2. The Bertz CT molecular complexity index is 310. The van der Waals surface area contributed by atoms with Crippen LogP contribution in [0.5, 0.6) is 0 Å². The summed E-state index contributed by atoms with van der Waals surface area (Å²) in [5.74, 6) is 0.222. The van der Waals surface area contributed by atoms with E-state index in [1.807, 2.05) is 11.8 Å². The van der Waals surface area contributed by atoms with Crippen LogP contribution in [-0.4, -0.2) is 49.2 Å². The van der Waals surface area contributed by atoms with Crippen molar-refractivity contribution >= 4 is 18.3 Å². The molecule has 0 bridgehead atoms. The highest BCUT2D eigenvalue weighted by Gasteiger charge is 2.33. The standard InChI is InChI=1S/C14H26N2O2.ClH/c1-11-12(15-7-10-18-11)13(17)16-8-4-5-14(2,3)6-9-16;/h11-12,15H,4-10H2,1-3H3;1H/t11-,12+;/m1./s1. The van der Waals surface area contributed by atoms with Crippen LogP contribution in [0.4, 0.5) is 0 Å². The van der Waals surface area contributed by atoms with E-state index >= 15 is 0 Å². The minimum Gasteiger partial charge on any atom is -0.375 e. The van der Waals surface area contributed by atoms with Crippen LogP contribution in [0.3, 0.4) is 0 Å². The second kappa shape index (κ2) is 6.91. The fourth-order valence-corrected chi connectivity index (χ4v) is 2.85. The highest BCUT2D eigenvalue weighted by atomic mass is 35.5. The summed E-state index contributed by atoms with van der Waals surface area (Å²) in [7, 11) is 0. The number of morpholine rings is 1. The minimum atomic E-state index is -0.153. The predicted octanol–water partition coefficient (Wildman–Crippen LogP) is 1.82. The molecule has 2 atom stereocenters. The van der Waals surface area contributed by atoms with Gasteiger partial charge in [-0.05, 0) is 31.6 Å². The second-order valence-corrected chi connectivity index (χ2v) is 6.35. The molecule has 2 aliphatic rings. The van der Waals surface area contributed by atoms with E-state index in [1.165, 1.54) is 6.42 Å². The Morgan fingerprint density at radius 3 is 2.74 bits per heavy atom. The molecule has 0 aromatic carbocycles. The van der Waals surface area contributed by atoms with Gasteiger partial charge in [0, 0.05) is 19.6 Å². The Kier molecular flexibility index (Phi) is 6.09. The summed E-state index contributed by atoms with van der Waals surface area (Å²) < 4.78 is 5.56. The van der Waals surface area contributed by atoms with Crippen LogP contribution < -0.4 is 5.32 Å². The lowest BCUT2D eigenvalue weighted by Crippen LogP contribution is -2.56. The molecule has 1 amide bonds. The Labute approximate surface area is 122 Å². The first-order valence-electron chi connectivity index (χ1n) is 7.13. The second-order valence-electron chi connectivity index (χ2n) is 6.35. The van der Waals surface area contributed by atoms with Crippen molar-refractivity contribution in [3.8, 4) is 0 Å². The molecule has 112 valence electrons. The normalized spacial score (nSPS) is 31.2. The van der Waals surface area contributed by atoms with Gasteiger partial charge in [-0.1, -0.05) is 13.8 Å². The maximum absolute atomic E-state index is 12.5. The Morgan fingerprint density at radius 1 is 1.32 bits per heavy atom. The molecule has 5 heteroatoms. The van der Waals surface area contributed by atoms with Crippen LogP contribution in [0, 0.1) is 5.41 Å². The molecule has 2 fully saturated rings. The summed E-state index contributed by atoms with van der Waals surface area (Å²) in [5, 5.41) is 3.29. The first-order valence-corrected chi connectivity index (χ1v) is 7.13. The minimum absolute atomic E-state index is 0. The monoisotopic (exact) mass is 290 g/mol. The van der Waals surface area contributed by atoms with Crippen LogP contribution in [0.1, 0.15) is 40.0 Å². The number of rotatable bonds is 1. The van der Waals surface area contributed by atoms with Crippen molar-refractivity contribution < 1.29 is 9.53 Å². The molecule has 2 saturated heterocycles. The van der Waals surface area contributed by atoms with Crippen molar-refractivity contribution in [2.45, 2.75) is 52.2 Å². The number of nitrogens with zero attached hydrogens (tertiary/aromatic N) is 1. The van der Waals surface area contributed by atoms with Gasteiger partial charge in [0.1, 0.15) is 6.04 Å². The fourth-order valence-electron chi connectivity index (χ4n) is 2.85. The van der Waals surface area contributed by atoms with Crippen molar-refractivity contribution in [3.63, 3.8) is 0 Å². The van der Waals surface area contributed by atoms with Gasteiger partial charge >= 0.3 is 0 Å². The molecular weight excluding hydrogens is 264 g/mol. The highest BCUT2D eigenvalue weighted by Crippen LogP contribution is 2.30. The van der Waals surface area contributed by atoms with Gasteiger partial charge in [-0.3, -0.25) is 4.79 Å².